The van der Waals surface area contributed by atoms with Crippen molar-refractivity contribution in [1.29, 1.82) is 0 Å². The van der Waals surface area contributed by atoms with E-state index >= 15 is 0 Å². The number of thiazole rings is 1. The summed E-state index contributed by atoms with van der Waals surface area (Å²) in [5.41, 5.74) is 5.09. The third-order valence-electron chi connectivity index (χ3n) is 1.58. The van der Waals surface area contributed by atoms with Crippen LogP contribution < -0.4 is 5.73 Å². The Balaban J connectivity index is 2.14. The molecule has 0 aromatic carbocycles. The minimum Gasteiger partial charge on any atom is -0.449 e. The van der Waals surface area contributed by atoms with Crippen molar-refractivity contribution in [2.75, 3.05) is 0 Å². The van der Waals surface area contributed by atoms with E-state index in [0.717, 1.165) is 5.01 Å². The highest BCUT2D eigenvalue weighted by Crippen LogP contribution is 2.15. The number of nitrogens with zero attached hydrogens (tertiary/aromatic N) is 2. The van der Waals surface area contributed by atoms with E-state index in [1.165, 1.54) is 23.8 Å². The van der Waals surface area contributed by atoms with Gasteiger partial charge < -0.3 is 10.2 Å². The van der Waals surface area contributed by atoms with E-state index in [-0.39, 0.29) is 0 Å². The number of amides is 1. The molecule has 0 bridgehead atoms. The van der Waals surface area contributed by atoms with Crippen molar-refractivity contribution in [1.82, 2.24) is 9.97 Å². The SMILES string of the molecule is NC(=O)c1cnc(Cc2ncco2)s1. The predicted molar refractivity (Wildman–Crippen MR) is 49.9 cm³/mol. The summed E-state index contributed by atoms with van der Waals surface area (Å²) < 4.78 is 5.05. The van der Waals surface area contributed by atoms with Crippen LogP contribution in [-0.2, 0) is 6.42 Å². The van der Waals surface area contributed by atoms with Gasteiger partial charge in [0.2, 0.25) is 5.89 Å². The van der Waals surface area contributed by atoms with E-state index < -0.39 is 5.91 Å². The first-order chi connectivity index (χ1) is 6.75. The number of primary amides is 1. The van der Waals surface area contributed by atoms with E-state index in [2.05, 4.69) is 9.97 Å². The van der Waals surface area contributed by atoms with Crippen LogP contribution in [0.1, 0.15) is 20.6 Å². The Kier molecular flexibility index (Phi) is 2.28. The first-order valence-corrected chi connectivity index (χ1v) is 4.70. The van der Waals surface area contributed by atoms with Crippen LogP contribution in [0.15, 0.2) is 23.1 Å². The molecule has 2 rings (SSSR count). The lowest BCUT2D eigenvalue weighted by Crippen LogP contribution is -2.08. The monoisotopic (exact) mass is 209 g/mol. The first-order valence-electron chi connectivity index (χ1n) is 3.88. The molecule has 14 heavy (non-hydrogen) atoms. The summed E-state index contributed by atoms with van der Waals surface area (Å²) in [7, 11) is 0. The lowest BCUT2D eigenvalue weighted by atomic mass is 10.4. The molecule has 0 saturated heterocycles. The topological polar surface area (TPSA) is 82.0 Å². The smallest absolute Gasteiger partial charge is 0.260 e. The average Bonchev–Trinajstić information content (AvgIpc) is 2.75. The van der Waals surface area contributed by atoms with Gasteiger partial charge in [-0.05, 0) is 0 Å². The summed E-state index contributed by atoms with van der Waals surface area (Å²) in [6.07, 6.45) is 5.02. The molecule has 2 aromatic rings. The van der Waals surface area contributed by atoms with Crippen LogP contribution in [0.4, 0.5) is 0 Å². The van der Waals surface area contributed by atoms with Gasteiger partial charge in [-0.1, -0.05) is 0 Å². The lowest BCUT2D eigenvalue weighted by Gasteiger charge is -1.88. The Morgan fingerprint density at radius 1 is 1.57 bits per heavy atom. The number of hydrogen-bond donors (Lipinski definition) is 1. The van der Waals surface area contributed by atoms with E-state index in [1.807, 2.05) is 0 Å². The molecule has 0 atom stereocenters. The van der Waals surface area contributed by atoms with Crippen LogP contribution in [0.3, 0.4) is 0 Å². The van der Waals surface area contributed by atoms with Gasteiger partial charge in [0.25, 0.3) is 5.91 Å². The molecule has 0 fully saturated rings. The van der Waals surface area contributed by atoms with Gasteiger partial charge in [0.15, 0.2) is 0 Å². The quantitative estimate of drug-likeness (QED) is 0.811. The molecule has 6 heteroatoms. The van der Waals surface area contributed by atoms with E-state index in [0.29, 0.717) is 17.2 Å². The van der Waals surface area contributed by atoms with Crippen LogP contribution >= 0.6 is 11.3 Å². The number of carbonyl (C=O) groups is 1. The summed E-state index contributed by atoms with van der Waals surface area (Å²) in [6.45, 7) is 0. The van der Waals surface area contributed by atoms with Crippen molar-refractivity contribution in [2.24, 2.45) is 5.73 Å². The largest absolute Gasteiger partial charge is 0.449 e. The van der Waals surface area contributed by atoms with Crippen molar-refractivity contribution in [3.63, 3.8) is 0 Å². The fraction of sp³-hybridized carbons (Fsp3) is 0.125. The number of hydrogen-bond acceptors (Lipinski definition) is 5. The Morgan fingerprint density at radius 3 is 3.00 bits per heavy atom. The minimum atomic E-state index is -0.457. The standard InChI is InChI=1S/C8H7N3O2S/c9-8(12)5-4-11-7(14-5)3-6-10-1-2-13-6/h1-2,4H,3H2,(H2,9,12). The number of aromatic nitrogens is 2. The molecule has 0 unspecified atom stereocenters. The minimum absolute atomic E-state index is 0.451. The zero-order valence-electron chi connectivity index (χ0n) is 7.14. The number of oxazole rings is 1. The average molecular weight is 209 g/mol. The molecule has 0 spiro atoms. The van der Waals surface area contributed by atoms with E-state index in [1.54, 1.807) is 6.20 Å². The van der Waals surface area contributed by atoms with Gasteiger partial charge in [-0.3, -0.25) is 4.79 Å². The van der Waals surface area contributed by atoms with Crippen LogP contribution in [0.2, 0.25) is 0 Å². The Morgan fingerprint density at radius 2 is 2.43 bits per heavy atom. The van der Waals surface area contributed by atoms with Gasteiger partial charge in [-0.25, -0.2) is 9.97 Å². The second-order valence-corrected chi connectivity index (χ2v) is 3.70. The zero-order chi connectivity index (χ0) is 9.97. The molecule has 0 radical (unpaired) electrons. The maximum Gasteiger partial charge on any atom is 0.260 e. The van der Waals surface area contributed by atoms with Gasteiger partial charge in [0.05, 0.1) is 18.8 Å². The predicted octanol–water partition coefficient (Wildman–Crippen LogP) is 0.821. The second-order valence-electron chi connectivity index (χ2n) is 2.59. The normalized spacial score (nSPS) is 10.3. The molecule has 0 aliphatic rings. The lowest BCUT2D eigenvalue weighted by molar-refractivity contribution is 0.100. The van der Waals surface area contributed by atoms with Crippen molar-refractivity contribution >= 4 is 17.2 Å². The number of nitrogens with two attached hydrogens (primary N) is 1. The van der Waals surface area contributed by atoms with E-state index in [4.69, 9.17) is 10.2 Å². The highest BCUT2D eigenvalue weighted by molar-refractivity contribution is 7.13. The summed E-state index contributed by atoms with van der Waals surface area (Å²) in [5.74, 6) is 0.122. The van der Waals surface area contributed by atoms with Gasteiger partial charge in [0.1, 0.15) is 16.1 Å². The molecule has 0 saturated carbocycles. The molecular formula is C8H7N3O2S. The van der Waals surface area contributed by atoms with Crippen molar-refractivity contribution < 1.29 is 9.21 Å². The summed E-state index contributed by atoms with van der Waals surface area (Å²) in [6, 6.07) is 0. The molecule has 1 amide bonds. The van der Waals surface area contributed by atoms with Gasteiger partial charge in [-0.15, -0.1) is 11.3 Å². The molecule has 72 valence electrons. The van der Waals surface area contributed by atoms with Crippen LogP contribution in [-0.4, -0.2) is 15.9 Å². The maximum atomic E-state index is 10.8. The Labute approximate surface area is 83.6 Å². The number of carbonyl (C=O) groups excluding carboxylic acids is 1. The third kappa shape index (κ3) is 1.80. The van der Waals surface area contributed by atoms with Crippen molar-refractivity contribution in [2.45, 2.75) is 6.42 Å². The fourth-order valence-electron chi connectivity index (χ4n) is 0.976. The zero-order valence-corrected chi connectivity index (χ0v) is 7.95. The Bertz CT molecular complexity index is 435. The maximum absolute atomic E-state index is 10.8. The highest BCUT2D eigenvalue weighted by atomic mass is 32.1. The van der Waals surface area contributed by atoms with Gasteiger partial charge >= 0.3 is 0 Å². The molecular weight excluding hydrogens is 202 g/mol. The van der Waals surface area contributed by atoms with E-state index in [9.17, 15) is 4.79 Å². The van der Waals surface area contributed by atoms with Gasteiger partial charge in [-0.2, -0.15) is 0 Å². The van der Waals surface area contributed by atoms with Crippen LogP contribution in [0.5, 0.6) is 0 Å². The highest BCUT2D eigenvalue weighted by Gasteiger charge is 2.08. The van der Waals surface area contributed by atoms with Crippen molar-refractivity contribution in [3.05, 3.63) is 34.4 Å². The summed E-state index contributed by atoms with van der Waals surface area (Å²) in [5, 5.41) is 0.765. The molecule has 0 aliphatic heterocycles. The second kappa shape index (κ2) is 3.59. The van der Waals surface area contributed by atoms with Gasteiger partial charge in [0, 0.05) is 0 Å². The van der Waals surface area contributed by atoms with Crippen LogP contribution in [0.25, 0.3) is 0 Å². The molecule has 5 nitrogen and oxygen atoms in total. The molecule has 0 aliphatic carbocycles. The molecule has 2 N–H and O–H groups in total. The summed E-state index contributed by atoms with van der Waals surface area (Å²) in [4.78, 5) is 19.2. The van der Waals surface area contributed by atoms with Crippen LogP contribution in [0, 0.1) is 0 Å². The first kappa shape index (κ1) is 8.89. The third-order valence-corrected chi connectivity index (χ3v) is 2.59. The Hall–Kier alpha value is -1.69. The van der Waals surface area contributed by atoms with Crippen molar-refractivity contribution in [3.8, 4) is 0 Å². The number of rotatable bonds is 3. The fourth-order valence-corrected chi connectivity index (χ4v) is 1.74. The molecule has 2 aromatic heterocycles. The summed E-state index contributed by atoms with van der Waals surface area (Å²) >= 11 is 1.25. The molecule has 2 heterocycles.